The molecule has 0 aliphatic rings. The fourth-order valence-corrected chi connectivity index (χ4v) is 2.94. The SMILES string of the molecule is CC(NC(=O)C(Cc1ccc(O)cc1)NC(=O)C(N)Cc1cnc[nH]1)C(=O)NC(CO)C(=O)O. The van der Waals surface area contributed by atoms with Crippen molar-refractivity contribution in [2.45, 2.75) is 43.9 Å². The van der Waals surface area contributed by atoms with E-state index in [9.17, 15) is 24.3 Å². The molecule has 2 rings (SSSR count). The van der Waals surface area contributed by atoms with Gasteiger partial charge in [0.15, 0.2) is 0 Å². The molecule has 2 aromatic rings. The van der Waals surface area contributed by atoms with E-state index in [1.165, 1.54) is 31.6 Å². The molecule has 0 saturated carbocycles. The van der Waals surface area contributed by atoms with Crippen LogP contribution in [-0.2, 0) is 32.0 Å². The third-order valence-electron chi connectivity index (χ3n) is 4.89. The molecule has 1 heterocycles. The number of aliphatic hydroxyl groups is 1. The van der Waals surface area contributed by atoms with Crippen LogP contribution >= 0.6 is 0 Å². The Labute approximate surface area is 194 Å². The molecule has 0 aliphatic carbocycles. The van der Waals surface area contributed by atoms with Gasteiger partial charge in [0.1, 0.15) is 23.9 Å². The smallest absolute Gasteiger partial charge is 0.328 e. The first-order chi connectivity index (χ1) is 16.1. The van der Waals surface area contributed by atoms with Crippen LogP contribution in [0.4, 0.5) is 0 Å². The lowest BCUT2D eigenvalue weighted by molar-refractivity contribution is -0.143. The van der Waals surface area contributed by atoms with E-state index < -0.39 is 54.5 Å². The molecular weight excluding hydrogens is 448 g/mol. The summed E-state index contributed by atoms with van der Waals surface area (Å²) < 4.78 is 0. The maximum Gasteiger partial charge on any atom is 0.328 e. The topological polar surface area (TPSA) is 220 Å². The molecule has 13 nitrogen and oxygen atoms in total. The highest BCUT2D eigenvalue weighted by atomic mass is 16.4. The van der Waals surface area contributed by atoms with E-state index in [0.29, 0.717) is 11.3 Å². The third-order valence-corrected chi connectivity index (χ3v) is 4.89. The molecule has 0 saturated heterocycles. The van der Waals surface area contributed by atoms with Gasteiger partial charge >= 0.3 is 5.97 Å². The molecule has 34 heavy (non-hydrogen) atoms. The van der Waals surface area contributed by atoms with Crippen molar-refractivity contribution < 1.29 is 34.5 Å². The number of amides is 3. The van der Waals surface area contributed by atoms with Gasteiger partial charge in [-0.2, -0.15) is 0 Å². The predicted octanol–water partition coefficient (Wildman–Crippen LogP) is -2.22. The molecule has 0 spiro atoms. The first-order valence-electron chi connectivity index (χ1n) is 10.4. The van der Waals surface area contributed by atoms with Crippen LogP contribution in [-0.4, -0.2) is 79.8 Å². The maximum atomic E-state index is 12.9. The molecule has 13 heteroatoms. The summed E-state index contributed by atoms with van der Waals surface area (Å²) in [6, 6.07) is 1.17. The van der Waals surface area contributed by atoms with Crippen LogP contribution in [0, 0.1) is 0 Å². The minimum absolute atomic E-state index is 0.0252. The second-order valence-electron chi connectivity index (χ2n) is 7.63. The van der Waals surface area contributed by atoms with Gasteiger partial charge in [-0.05, 0) is 24.6 Å². The Morgan fingerprint density at radius 1 is 1.00 bits per heavy atom. The summed E-state index contributed by atoms with van der Waals surface area (Å²) in [6.45, 7) is 0.502. The zero-order valence-corrected chi connectivity index (χ0v) is 18.4. The standard InChI is InChI=1S/C21H28N6O7/c1-11(18(30)27-17(9-28)21(33)34)25-20(32)16(6-12-2-4-14(29)5-3-12)26-19(31)15(22)7-13-8-23-10-24-13/h2-5,8,10-11,15-17,28-29H,6-7,9,22H2,1H3,(H,23,24)(H,25,32)(H,26,31)(H,27,30)(H,33,34). The van der Waals surface area contributed by atoms with Gasteiger partial charge < -0.3 is 42.0 Å². The number of aromatic amines is 1. The second kappa shape index (κ2) is 12.3. The lowest BCUT2D eigenvalue weighted by Crippen LogP contribution is -2.57. The number of hydrogen-bond acceptors (Lipinski definition) is 8. The van der Waals surface area contributed by atoms with E-state index >= 15 is 0 Å². The van der Waals surface area contributed by atoms with Crippen LogP contribution < -0.4 is 21.7 Å². The average molecular weight is 476 g/mol. The minimum atomic E-state index is -1.53. The number of aliphatic hydroxyl groups excluding tert-OH is 1. The van der Waals surface area contributed by atoms with Gasteiger partial charge in [-0.3, -0.25) is 14.4 Å². The highest BCUT2D eigenvalue weighted by molar-refractivity contribution is 5.94. The van der Waals surface area contributed by atoms with Crippen LogP contribution in [0.3, 0.4) is 0 Å². The molecule has 3 amide bonds. The Hall–Kier alpha value is -3.97. The van der Waals surface area contributed by atoms with Gasteiger partial charge in [0.05, 0.1) is 19.0 Å². The van der Waals surface area contributed by atoms with Crippen molar-refractivity contribution >= 4 is 23.7 Å². The molecule has 0 bridgehead atoms. The number of hydrogen-bond donors (Lipinski definition) is 8. The van der Waals surface area contributed by atoms with Crippen molar-refractivity contribution in [1.29, 1.82) is 0 Å². The Balaban J connectivity index is 2.09. The summed E-state index contributed by atoms with van der Waals surface area (Å²) >= 11 is 0. The van der Waals surface area contributed by atoms with Gasteiger partial charge in [0.2, 0.25) is 17.7 Å². The average Bonchev–Trinajstić information content (AvgIpc) is 3.30. The Bertz CT molecular complexity index is 980. The van der Waals surface area contributed by atoms with Gasteiger partial charge in [-0.1, -0.05) is 12.1 Å². The quantitative estimate of drug-likeness (QED) is 0.166. The van der Waals surface area contributed by atoms with E-state index in [-0.39, 0.29) is 18.6 Å². The van der Waals surface area contributed by atoms with E-state index in [2.05, 4.69) is 25.9 Å². The molecule has 4 unspecified atom stereocenters. The molecule has 0 aliphatic heterocycles. The molecule has 1 aromatic carbocycles. The van der Waals surface area contributed by atoms with Crippen molar-refractivity contribution in [2.75, 3.05) is 6.61 Å². The first-order valence-corrected chi connectivity index (χ1v) is 10.4. The summed E-state index contributed by atoms with van der Waals surface area (Å²) in [5.74, 6) is -3.57. The maximum absolute atomic E-state index is 12.9. The number of phenols is 1. The first kappa shape index (κ1) is 26.3. The molecule has 184 valence electrons. The van der Waals surface area contributed by atoms with Crippen molar-refractivity contribution in [3.8, 4) is 5.75 Å². The van der Waals surface area contributed by atoms with Crippen molar-refractivity contribution in [2.24, 2.45) is 5.73 Å². The van der Waals surface area contributed by atoms with Crippen molar-refractivity contribution in [3.05, 3.63) is 48.0 Å². The lowest BCUT2D eigenvalue weighted by atomic mass is 10.0. The number of carboxylic acid groups (broad SMARTS) is 1. The number of aromatic hydroxyl groups is 1. The Kier molecular flexibility index (Phi) is 9.52. The number of rotatable bonds is 12. The van der Waals surface area contributed by atoms with E-state index in [1.807, 2.05) is 0 Å². The van der Waals surface area contributed by atoms with Crippen molar-refractivity contribution in [1.82, 2.24) is 25.9 Å². The van der Waals surface area contributed by atoms with E-state index in [0.717, 1.165) is 0 Å². The number of carbonyl (C=O) groups excluding carboxylic acids is 3. The third kappa shape index (κ3) is 7.86. The normalized spacial score (nSPS) is 14.3. The molecule has 4 atom stereocenters. The van der Waals surface area contributed by atoms with Crippen molar-refractivity contribution in [3.63, 3.8) is 0 Å². The molecule has 1 aromatic heterocycles. The minimum Gasteiger partial charge on any atom is -0.508 e. The summed E-state index contributed by atoms with van der Waals surface area (Å²) in [4.78, 5) is 55.5. The zero-order chi connectivity index (χ0) is 25.3. The molecule has 0 fully saturated rings. The largest absolute Gasteiger partial charge is 0.508 e. The van der Waals surface area contributed by atoms with Crippen LogP contribution in [0.5, 0.6) is 5.75 Å². The zero-order valence-electron chi connectivity index (χ0n) is 18.4. The predicted molar refractivity (Wildman–Crippen MR) is 118 cm³/mol. The van der Waals surface area contributed by atoms with Crippen LogP contribution in [0.1, 0.15) is 18.2 Å². The molecule has 9 N–H and O–H groups in total. The number of nitrogens with zero attached hydrogens (tertiary/aromatic N) is 1. The number of carbonyl (C=O) groups is 4. The van der Waals surface area contributed by atoms with Gasteiger partial charge in [-0.25, -0.2) is 9.78 Å². The van der Waals surface area contributed by atoms with Crippen LogP contribution in [0.15, 0.2) is 36.8 Å². The van der Waals surface area contributed by atoms with E-state index in [4.69, 9.17) is 15.9 Å². The molecular formula is C21H28N6O7. The molecule has 0 radical (unpaired) electrons. The number of phenolic OH excluding ortho intramolecular Hbond substituents is 1. The highest BCUT2D eigenvalue weighted by Gasteiger charge is 2.28. The van der Waals surface area contributed by atoms with Crippen LogP contribution in [0.2, 0.25) is 0 Å². The fraction of sp³-hybridized carbons (Fsp3) is 0.381. The number of carboxylic acids is 1. The number of aliphatic carboxylic acids is 1. The summed E-state index contributed by atoms with van der Waals surface area (Å²) in [6.07, 6.45) is 3.14. The van der Waals surface area contributed by atoms with E-state index in [1.54, 1.807) is 12.1 Å². The van der Waals surface area contributed by atoms with Gasteiger partial charge in [0, 0.05) is 24.7 Å². The Morgan fingerprint density at radius 3 is 2.21 bits per heavy atom. The van der Waals surface area contributed by atoms with Crippen LogP contribution in [0.25, 0.3) is 0 Å². The number of H-pyrrole nitrogens is 1. The van der Waals surface area contributed by atoms with Gasteiger partial charge in [0.25, 0.3) is 0 Å². The second-order valence-corrected chi connectivity index (χ2v) is 7.63. The number of imidazole rings is 1. The number of benzene rings is 1. The lowest BCUT2D eigenvalue weighted by Gasteiger charge is -2.23. The van der Waals surface area contributed by atoms with Gasteiger partial charge in [-0.15, -0.1) is 0 Å². The fourth-order valence-electron chi connectivity index (χ4n) is 2.94. The number of aromatic nitrogens is 2. The summed E-state index contributed by atoms with van der Waals surface area (Å²) in [5.41, 5.74) is 7.19. The highest BCUT2D eigenvalue weighted by Crippen LogP contribution is 2.12. The Morgan fingerprint density at radius 2 is 1.65 bits per heavy atom. The number of nitrogens with one attached hydrogen (secondary N) is 4. The summed E-state index contributed by atoms with van der Waals surface area (Å²) in [5, 5.41) is 34.6. The monoisotopic (exact) mass is 476 g/mol. The number of nitrogens with two attached hydrogens (primary N) is 1. The summed E-state index contributed by atoms with van der Waals surface area (Å²) in [7, 11) is 0.